The summed E-state index contributed by atoms with van der Waals surface area (Å²) in [6.45, 7) is 8.06. The number of rotatable bonds is 5. The summed E-state index contributed by atoms with van der Waals surface area (Å²) in [6, 6.07) is 4.03. The molecule has 3 fully saturated rings. The molecule has 2 saturated heterocycles. The van der Waals surface area contributed by atoms with E-state index in [1.165, 1.54) is 24.6 Å². The van der Waals surface area contributed by atoms with Gasteiger partial charge >= 0.3 is 0 Å². The summed E-state index contributed by atoms with van der Waals surface area (Å²) in [5.41, 5.74) is 0.178. The van der Waals surface area contributed by atoms with Gasteiger partial charge in [0.2, 0.25) is 5.91 Å². The predicted molar refractivity (Wildman–Crippen MR) is 117 cm³/mol. The third kappa shape index (κ3) is 5.34. The SMILES string of the molecule is CCN=C(NC1CC1c1c(F)cccc1F)N1CCN(CC(=O)N2CCCCC2)CC1. The minimum Gasteiger partial charge on any atom is -0.353 e. The molecular weight excluding hydrogens is 400 g/mol. The van der Waals surface area contributed by atoms with E-state index in [0.29, 0.717) is 19.5 Å². The second kappa shape index (κ2) is 9.94. The van der Waals surface area contributed by atoms with Crippen molar-refractivity contribution in [1.82, 2.24) is 20.0 Å². The summed E-state index contributed by atoms with van der Waals surface area (Å²) in [7, 11) is 0. The number of carbonyl (C=O) groups is 1. The first-order valence-electron chi connectivity index (χ1n) is 11.6. The largest absolute Gasteiger partial charge is 0.353 e. The summed E-state index contributed by atoms with van der Waals surface area (Å²) >= 11 is 0. The van der Waals surface area contributed by atoms with Gasteiger partial charge < -0.3 is 15.1 Å². The molecule has 2 heterocycles. The van der Waals surface area contributed by atoms with E-state index in [1.54, 1.807) is 0 Å². The van der Waals surface area contributed by atoms with Crippen LogP contribution in [0.1, 0.15) is 44.1 Å². The number of piperazine rings is 1. The Hall–Kier alpha value is -2.22. The third-order valence-corrected chi connectivity index (χ3v) is 6.52. The highest BCUT2D eigenvalue weighted by Gasteiger charge is 2.43. The highest BCUT2D eigenvalue weighted by atomic mass is 19.1. The monoisotopic (exact) mass is 433 g/mol. The van der Waals surface area contributed by atoms with Gasteiger partial charge in [0.1, 0.15) is 11.6 Å². The molecule has 1 N–H and O–H groups in total. The van der Waals surface area contributed by atoms with Gasteiger partial charge in [0.15, 0.2) is 5.96 Å². The number of halogens is 2. The zero-order chi connectivity index (χ0) is 21.8. The van der Waals surface area contributed by atoms with Gasteiger partial charge in [-0.05, 0) is 44.7 Å². The topological polar surface area (TPSA) is 51.2 Å². The Morgan fingerprint density at radius 2 is 1.71 bits per heavy atom. The Bertz CT molecular complexity index is 783. The molecule has 0 bridgehead atoms. The summed E-state index contributed by atoms with van der Waals surface area (Å²) < 4.78 is 28.2. The number of carbonyl (C=O) groups excluding carboxylic acids is 1. The van der Waals surface area contributed by atoms with E-state index in [2.05, 4.69) is 20.1 Å². The van der Waals surface area contributed by atoms with Crippen LogP contribution in [0, 0.1) is 11.6 Å². The van der Waals surface area contributed by atoms with E-state index in [1.807, 2.05) is 11.8 Å². The van der Waals surface area contributed by atoms with Crippen molar-refractivity contribution in [3.63, 3.8) is 0 Å². The molecule has 170 valence electrons. The van der Waals surface area contributed by atoms with E-state index >= 15 is 0 Å². The van der Waals surface area contributed by atoms with Crippen LogP contribution in [-0.4, -0.2) is 85.0 Å². The number of likely N-dealkylation sites (tertiary alicyclic amines) is 1. The van der Waals surface area contributed by atoms with Gasteiger partial charge in [0.25, 0.3) is 0 Å². The summed E-state index contributed by atoms with van der Waals surface area (Å²) in [4.78, 5) is 23.6. The maximum Gasteiger partial charge on any atom is 0.236 e. The number of hydrogen-bond acceptors (Lipinski definition) is 3. The van der Waals surface area contributed by atoms with E-state index in [-0.39, 0.29) is 23.4 Å². The van der Waals surface area contributed by atoms with Gasteiger partial charge in [-0.1, -0.05) is 6.07 Å². The quantitative estimate of drug-likeness (QED) is 0.573. The molecule has 0 spiro atoms. The van der Waals surface area contributed by atoms with Gasteiger partial charge in [-0.25, -0.2) is 8.78 Å². The molecule has 1 aliphatic carbocycles. The Morgan fingerprint density at radius 1 is 1.03 bits per heavy atom. The molecule has 0 aromatic heterocycles. The van der Waals surface area contributed by atoms with Crippen molar-refractivity contribution >= 4 is 11.9 Å². The van der Waals surface area contributed by atoms with Gasteiger partial charge in [-0.3, -0.25) is 14.7 Å². The lowest BCUT2D eigenvalue weighted by atomic mass is 10.1. The Labute approximate surface area is 183 Å². The maximum atomic E-state index is 14.1. The smallest absolute Gasteiger partial charge is 0.236 e. The van der Waals surface area contributed by atoms with E-state index in [4.69, 9.17) is 0 Å². The van der Waals surface area contributed by atoms with Gasteiger partial charge in [-0.15, -0.1) is 0 Å². The minimum absolute atomic E-state index is 0.00425. The lowest BCUT2D eigenvalue weighted by Crippen LogP contribution is -2.55. The molecule has 0 radical (unpaired) electrons. The Kier molecular flexibility index (Phi) is 7.05. The van der Waals surface area contributed by atoms with Crippen molar-refractivity contribution in [3.8, 4) is 0 Å². The first kappa shape index (κ1) is 22.0. The predicted octanol–water partition coefficient (Wildman–Crippen LogP) is 2.42. The lowest BCUT2D eigenvalue weighted by molar-refractivity contribution is -0.133. The second-order valence-corrected chi connectivity index (χ2v) is 8.73. The number of hydrogen-bond donors (Lipinski definition) is 1. The van der Waals surface area contributed by atoms with Crippen molar-refractivity contribution in [2.45, 2.75) is 44.6 Å². The molecule has 31 heavy (non-hydrogen) atoms. The second-order valence-electron chi connectivity index (χ2n) is 8.73. The molecule has 1 amide bonds. The summed E-state index contributed by atoms with van der Waals surface area (Å²) in [5, 5.41) is 3.42. The van der Waals surface area contributed by atoms with Crippen LogP contribution in [0.25, 0.3) is 0 Å². The average Bonchev–Trinajstić information content (AvgIpc) is 3.53. The fourth-order valence-corrected chi connectivity index (χ4v) is 4.64. The number of guanidine groups is 1. The van der Waals surface area contributed by atoms with E-state index in [0.717, 1.165) is 58.1 Å². The lowest BCUT2D eigenvalue weighted by Gasteiger charge is -2.37. The average molecular weight is 434 g/mol. The molecule has 1 aromatic rings. The van der Waals surface area contributed by atoms with Crippen molar-refractivity contribution in [3.05, 3.63) is 35.4 Å². The van der Waals surface area contributed by atoms with Crippen LogP contribution in [0.5, 0.6) is 0 Å². The Morgan fingerprint density at radius 3 is 2.35 bits per heavy atom. The standard InChI is InChI=1S/C23H33F2N5O/c1-2-26-23(27-20-15-17(20)22-18(24)7-6-8-19(22)25)30-13-11-28(12-14-30)16-21(31)29-9-4-3-5-10-29/h6-8,17,20H,2-5,9-16H2,1H3,(H,26,27). The third-order valence-electron chi connectivity index (χ3n) is 6.52. The molecule has 6 nitrogen and oxygen atoms in total. The molecule has 2 aliphatic heterocycles. The number of nitrogens with zero attached hydrogens (tertiary/aromatic N) is 4. The van der Waals surface area contributed by atoms with Crippen LogP contribution < -0.4 is 5.32 Å². The number of aliphatic imine (C=N–C) groups is 1. The molecule has 1 aromatic carbocycles. The first-order chi connectivity index (χ1) is 15.1. The molecule has 8 heteroatoms. The highest BCUT2D eigenvalue weighted by Crippen LogP contribution is 2.43. The molecule has 1 saturated carbocycles. The van der Waals surface area contributed by atoms with Crippen LogP contribution in [0.4, 0.5) is 8.78 Å². The zero-order valence-electron chi connectivity index (χ0n) is 18.3. The van der Waals surface area contributed by atoms with Gasteiger partial charge in [0.05, 0.1) is 6.54 Å². The van der Waals surface area contributed by atoms with Crippen molar-refractivity contribution in [2.75, 3.05) is 52.4 Å². The number of benzene rings is 1. The van der Waals surface area contributed by atoms with Crippen LogP contribution in [-0.2, 0) is 4.79 Å². The fraction of sp³-hybridized carbons (Fsp3) is 0.652. The van der Waals surface area contributed by atoms with Crippen LogP contribution in [0.15, 0.2) is 23.2 Å². The Balaban J connectivity index is 1.28. The van der Waals surface area contributed by atoms with Gasteiger partial charge in [0, 0.05) is 63.3 Å². The van der Waals surface area contributed by atoms with Crippen molar-refractivity contribution in [1.29, 1.82) is 0 Å². The highest BCUT2D eigenvalue weighted by molar-refractivity contribution is 5.81. The number of amides is 1. The van der Waals surface area contributed by atoms with Gasteiger partial charge in [-0.2, -0.15) is 0 Å². The van der Waals surface area contributed by atoms with Crippen LogP contribution in [0.2, 0.25) is 0 Å². The molecular formula is C23H33F2N5O. The van der Waals surface area contributed by atoms with Crippen molar-refractivity contribution < 1.29 is 13.6 Å². The van der Waals surface area contributed by atoms with E-state index in [9.17, 15) is 13.6 Å². The summed E-state index contributed by atoms with van der Waals surface area (Å²) in [5.74, 6) is -0.0764. The first-order valence-corrected chi connectivity index (χ1v) is 11.6. The van der Waals surface area contributed by atoms with Crippen LogP contribution in [0.3, 0.4) is 0 Å². The molecule has 2 unspecified atom stereocenters. The van der Waals surface area contributed by atoms with Crippen LogP contribution >= 0.6 is 0 Å². The number of piperidine rings is 1. The van der Waals surface area contributed by atoms with E-state index < -0.39 is 11.6 Å². The fourth-order valence-electron chi connectivity index (χ4n) is 4.64. The molecule has 2 atom stereocenters. The minimum atomic E-state index is -0.477. The maximum absolute atomic E-state index is 14.1. The summed E-state index contributed by atoms with van der Waals surface area (Å²) in [6.07, 6.45) is 4.15. The normalized spacial score (nSPS) is 24.9. The van der Waals surface area contributed by atoms with Crippen molar-refractivity contribution in [2.24, 2.45) is 4.99 Å². The number of nitrogens with one attached hydrogen (secondary N) is 1. The zero-order valence-corrected chi connectivity index (χ0v) is 18.3. The molecule has 3 aliphatic rings. The molecule has 4 rings (SSSR count).